The standard InChI is InChI=1S/C17H17NO2S/c19-17-10-16(21)12-18(17)11-13-6-8-15(9-7-13)20-14-4-2-1-3-5-14/h1-9,16,21H,10-12H2/t16-/m1/s1. The van der Waals surface area contributed by atoms with Crippen LogP contribution in [0.25, 0.3) is 0 Å². The van der Waals surface area contributed by atoms with E-state index in [1.54, 1.807) is 0 Å². The minimum absolute atomic E-state index is 0.165. The Kier molecular flexibility index (Phi) is 4.15. The molecule has 0 radical (unpaired) electrons. The number of thiol groups is 1. The molecule has 3 rings (SSSR count). The molecule has 0 saturated carbocycles. The van der Waals surface area contributed by atoms with Gasteiger partial charge in [-0.15, -0.1) is 0 Å². The van der Waals surface area contributed by atoms with E-state index in [-0.39, 0.29) is 11.2 Å². The zero-order chi connectivity index (χ0) is 14.7. The van der Waals surface area contributed by atoms with Crippen LogP contribution in [-0.2, 0) is 11.3 Å². The summed E-state index contributed by atoms with van der Waals surface area (Å²) < 4.78 is 5.75. The normalized spacial score (nSPS) is 18.0. The van der Waals surface area contributed by atoms with Crippen LogP contribution in [0.2, 0.25) is 0 Å². The van der Waals surface area contributed by atoms with Gasteiger partial charge in [0.2, 0.25) is 5.91 Å². The first-order valence-electron chi connectivity index (χ1n) is 6.98. The maximum atomic E-state index is 11.7. The third kappa shape index (κ3) is 3.58. The average molecular weight is 299 g/mol. The number of carbonyl (C=O) groups is 1. The van der Waals surface area contributed by atoms with Crippen molar-refractivity contribution in [3.63, 3.8) is 0 Å². The number of likely N-dealkylation sites (tertiary alicyclic amines) is 1. The number of para-hydroxylation sites is 1. The van der Waals surface area contributed by atoms with E-state index in [9.17, 15) is 4.79 Å². The second kappa shape index (κ2) is 6.22. The number of hydrogen-bond acceptors (Lipinski definition) is 3. The molecule has 0 aliphatic carbocycles. The van der Waals surface area contributed by atoms with E-state index >= 15 is 0 Å². The second-order valence-electron chi connectivity index (χ2n) is 5.19. The monoisotopic (exact) mass is 299 g/mol. The molecule has 0 N–H and O–H groups in total. The Morgan fingerprint density at radius 1 is 1.05 bits per heavy atom. The van der Waals surface area contributed by atoms with Gasteiger partial charge in [0, 0.05) is 24.8 Å². The summed E-state index contributed by atoms with van der Waals surface area (Å²) in [4.78, 5) is 13.6. The fourth-order valence-electron chi connectivity index (χ4n) is 2.41. The van der Waals surface area contributed by atoms with Crippen molar-refractivity contribution in [3.05, 3.63) is 60.2 Å². The lowest BCUT2D eigenvalue weighted by molar-refractivity contribution is -0.128. The molecule has 108 valence electrons. The van der Waals surface area contributed by atoms with Crippen LogP contribution in [0, 0.1) is 0 Å². The van der Waals surface area contributed by atoms with Gasteiger partial charge in [0.1, 0.15) is 11.5 Å². The van der Waals surface area contributed by atoms with Gasteiger partial charge in [0.05, 0.1) is 0 Å². The van der Waals surface area contributed by atoms with Gasteiger partial charge in [0.15, 0.2) is 0 Å². The number of ether oxygens (including phenoxy) is 1. The highest BCUT2D eigenvalue weighted by atomic mass is 32.1. The van der Waals surface area contributed by atoms with E-state index in [0.29, 0.717) is 13.0 Å². The first-order valence-corrected chi connectivity index (χ1v) is 7.50. The number of benzene rings is 2. The first-order chi connectivity index (χ1) is 10.2. The Labute approximate surface area is 129 Å². The summed E-state index contributed by atoms with van der Waals surface area (Å²) in [6, 6.07) is 17.5. The van der Waals surface area contributed by atoms with Gasteiger partial charge in [0.25, 0.3) is 0 Å². The summed E-state index contributed by atoms with van der Waals surface area (Å²) in [5, 5.41) is 0.165. The molecule has 2 aromatic rings. The molecule has 1 amide bonds. The zero-order valence-electron chi connectivity index (χ0n) is 11.6. The molecular weight excluding hydrogens is 282 g/mol. The summed E-state index contributed by atoms with van der Waals surface area (Å²) >= 11 is 4.37. The molecule has 1 aliphatic heterocycles. The van der Waals surface area contributed by atoms with Gasteiger partial charge in [-0.3, -0.25) is 4.79 Å². The van der Waals surface area contributed by atoms with E-state index in [1.807, 2.05) is 59.5 Å². The minimum Gasteiger partial charge on any atom is -0.457 e. The van der Waals surface area contributed by atoms with E-state index < -0.39 is 0 Å². The molecule has 1 fully saturated rings. The van der Waals surface area contributed by atoms with Crippen LogP contribution in [0.4, 0.5) is 0 Å². The highest BCUT2D eigenvalue weighted by molar-refractivity contribution is 7.81. The molecule has 0 bridgehead atoms. The van der Waals surface area contributed by atoms with Crippen molar-refractivity contribution in [2.45, 2.75) is 18.2 Å². The number of carbonyl (C=O) groups excluding carboxylic acids is 1. The van der Waals surface area contributed by atoms with E-state index in [0.717, 1.165) is 23.6 Å². The molecule has 1 saturated heterocycles. The van der Waals surface area contributed by atoms with Crippen molar-refractivity contribution in [1.82, 2.24) is 4.90 Å². The quantitative estimate of drug-likeness (QED) is 0.876. The second-order valence-corrected chi connectivity index (χ2v) is 5.92. The largest absolute Gasteiger partial charge is 0.457 e. The molecule has 0 aromatic heterocycles. The summed E-state index contributed by atoms with van der Waals surface area (Å²) in [5.41, 5.74) is 1.10. The highest BCUT2D eigenvalue weighted by Gasteiger charge is 2.26. The Hall–Kier alpha value is -1.94. The van der Waals surface area contributed by atoms with Crippen LogP contribution >= 0.6 is 12.6 Å². The summed E-state index contributed by atoms with van der Waals surface area (Å²) in [5.74, 6) is 1.79. The molecule has 1 atom stereocenters. The van der Waals surface area contributed by atoms with Gasteiger partial charge < -0.3 is 9.64 Å². The van der Waals surface area contributed by atoms with Crippen LogP contribution in [0.1, 0.15) is 12.0 Å². The molecule has 3 nitrogen and oxygen atoms in total. The van der Waals surface area contributed by atoms with Gasteiger partial charge in [-0.05, 0) is 29.8 Å². The summed E-state index contributed by atoms with van der Waals surface area (Å²) in [7, 11) is 0. The third-order valence-corrected chi connectivity index (χ3v) is 3.82. The smallest absolute Gasteiger partial charge is 0.224 e. The van der Waals surface area contributed by atoms with Crippen LogP contribution < -0.4 is 4.74 Å². The van der Waals surface area contributed by atoms with Crippen molar-refractivity contribution in [3.8, 4) is 11.5 Å². The van der Waals surface area contributed by atoms with Crippen LogP contribution in [0.15, 0.2) is 54.6 Å². The Bertz CT molecular complexity index is 612. The molecule has 21 heavy (non-hydrogen) atoms. The van der Waals surface area contributed by atoms with Crippen LogP contribution in [0.3, 0.4) is 0 Å². The molecular formula is C17H17NO2S. The molecule has 1 aliphatic rings. The predicted octanol–water partition coefficient (Wildman–Crippen LogP) is 3.51. The van der Waals surface area contributed by atoms with Crippen molar-refractivity contribution in [2.75, 3.05) is 6.54 Å². The molecule has 4 heteroatoms. The van der Waals surface area contributed by atoms with Gasteiger partial charge in [-0.25, -0.2) is 0 Å². The van der Waals surface area contributed by atoms with Crippen molar-refractivity contribution >= 4 is 18.5 Å². The summed E-state index contributed by atoms with van der Waals surface area (Å²) in [6.45, 7) is 1.37. The van der Waals surface area contributed by atoms with Crippen molar-refractivity contribution in [2.24, 2.45) is 0 Å². The lowest BCUT2D eigenvalue weighted by atomic mass is 10.2. The number of nitrogens with zero attached hydrogens (tertiary/aromatic N) is 1. The van der Waals surface area contributed by atoms with Crippen LogP contribution in [0.5, 0.6) is 11.5 Å². The zero-order valence-corrected chi connectivity index (χ0v) is 12.5. The minimum atomic E-state index is 0.165. The van der Waals surface area contributed by atoms with Gasteiger partial charge in [-0.1, -0.05) is 30.3 Å². The maximum Gasteiger partial charge on any atom is 0.224 e. The van der Waals surface area contributed by atoms with Crippen molar-refractivity contribution < 1.29 is 9.53 Å². The summed E-state index contributed by atoms with van der Waals surface area (Å²) in [6.07, 6.45) is 0.540. The number of amides is 1. The van der Waals surface area contributed by atoms with Crippen LogP contribution in [-0.4, -0.2) is 22.6 Å². The fourth-order valence-corrected chi connectivity index (χ4v) is 2.77. The number of rotatable bonds is 4. The lowest BCUT2D eigenvalue weighted by Gasteiger charge is -2.16. The first kappa shape index (κ1) is 14.0. The number of hydrogen-bond donors (Lipinski definition) is 1. The predicted molar refractivity (Wildman–Crippen MR) is 85.8 cm³/mol. The average Bonchev–Trinajstić information content (AvgIpc) is 2.80. The molecule has 0 unspecified atom stereocenters. The Morgan fingerprint density at radius 2 is 1.71 bits per heavy atom. The van der Waals surface area contributed by atoms with E-state index in [1.165, 1.54) is 0 Å². The fraction of sp³-hybridized carbons (Fsp3) is 0.235. The van der Waals surface area contributed by atoms with Gasteiger partial charge in [-0.2, -0.15) is 12.6 Å². The lowest BCUT2D eigenvalue weighted by Crippen LogP contribution is -2.24. The Balaban J connectivity index is 1.63. The molecule has 2 aromatic carbocycles. The third-order valence-electron chi connectivity index (χ3n) is 3.47. The topological polar surface area (TPSA) is 29.5 Å². The van der Waals surface area contributed by atoms with Gasteiger partial charge >= 0.3 is 0 Å². The van der Waals surface area contributed by atoms with E-state index in [4.69, 9.17) is 4.74 Å². The Morgan fingerprint density at radius 3 is 2.33 bits per heavy atom. The molecule has 0 spiro atoms. The highest BCUT2D eigenvalue weighted by Crippen LogP contribution is 2.23. The molecule has 1 heterocycles. The maximum absolute atomic E-state index is 11.7. The van der Waals surface area contributed by atoms with Crippen molar-refractivity contribution in [1.29, 1.82) is 0 Å². The SMILES string of the molecule is O=C1C[C@@H](S)CN1Cc1ccc(Oc2ccccc2)cc1. The van der Waals surface area contributed by atoms with E-state index in [2.05, 4.69) is 12.6 Å².